The minimum atomic E-state index is -3.78. The minimum Gasteiger partial charge on any atom is -0.337 e. The molecule has 10 heteroatoms. The largest absolute Gasteiger partial charge is 0.337 e. The van der Waals surface area contributed by atoms with Crippen molar-refractivity contribution in [3.05, 3.63) is 46.5 Å². The molecule has 1 saturated heterocycles. The van der Waals surface area contributed by atoms with Crippen molar-refractivity contribution in [1.29, 1.82) is 0 Å². The molecule has 1 aromatic carbocycles. The van der Waals surface area contributed by atoms with Gasteiger partial charge in [-0.2, -0.15) is 4.31 Å². The molecule has 2 heterocycles. The number of hydrogen-bond donors (Lipinski definition) is 1. The fraction of sp³-hybridized carbons (Fsp3) is 0.357. The highest BCUT2D eigenvalue weighted by molar-refractivity contribution is 7.89. The monoisotopic (exact) mass is 410 g/mol. The topological polar surface area (TPSA) is 67.2 Å². The van der Waals surface area contributed by atoms with Gasteiger partial charge in [-0.05, 0) is 18.2 Å². The summed E-state index contributed by atoms with van der Waals surface area (Å²) in [4.78, 5) is 4.32. The number of nitrogens with one attached hydrogen (secondary N) is 1. The lowest BCUT2D eigenvalue weighted by molar-refractivity contribution is 0.258. The van der Waals surface area contributed by atoms with Gasteiger partial charge in [0.25, 0.3) is 0 Å². The van der Waals surface area contributed by atoms with Crippen molar-refractivity contribution in [2.75, 3.05) is 19.6 Å². The van der Waals surface area contributed by atoms with Crippen LogP contribution in [0.5, 0.6) is 0 Å². The van der Waals surface area contributed by atoms with Gasteiger partial charge < -0.3 is 9.88 Å². The molecule has 1 aromatic heterocycles. The molecule has 1 aliphatic heterocycles. The van der Waals surface area contributed by atoms with Crippen molar-refractivity contribution < 1.29 is 8.42 Å². The standard InChI is InChI=1S/C14H16Cl2N4O2S.ClH/c1-19-6-5-18-14(19)12-9-17-4-7-20(12)23(21,22)13-8-10(15)2-3-11(13)16;/h2-3,5-6,8,12,17H,4,7,9H2,1H3;1H. The Hall–Kier alpha value is -0.830. The Morgan fingerprint density at radius 2 is 2.08 bits per heavy atom. The number of halogens is 3. The molecule has 0 aliphatic carbocycles. The summed E-state index contributed by atoms with van der Waals surface area (Å²) in [6.07, 6.45) is 3.45. The van der Waals surface area contributed by atoms with Crippen LogP contribution in [0, 0.1) is 0 Å². The number of rotatable bonds is 3. The molecule has 0 saturated carbocycles. The number of aromatic nitrogens is 2. The lowest BCUT2D eigenvalue weighted by Crippen LogP contribution is -2.49. The average Bonchev–Trinajstić information content (AvgIpc) is 2.95. The van der Waals surface area contributed by atoms with E-state index >= 15 is 0 Å². The molecule has 1 aliphatic rings. The summed E-state index contributed by atoms with van der Waals surface area (Å²) in [5.74, 6) is 0.680. The third-order valence-corrected chi connectivity index (χ3v) is 6.46. The Bertz CT molecular complexity index is 825. The van der Waals surface area contributed by atoms with Crippen molar-refractivity contribution in [2.45, 2.75) is 10.9 Å². The maximum atomic E-state index is 13.1. The van der Waals surface area contributed by atoms with Gasteiger partial charge in [0.1, 0.15) is 10.7 Å². The lowest BCUT2D eigenvalue weighted by Gasteiger charge is -2.34. The Kier molecular flexibility index (Phi) is 6.17. The fourth-order valence-electron chi connectivity index (χ4n) is 2.69. The van der Waals surface area contributed by atoms with Crippen LogP contribution < -0.4 is 5.32 Å². The summed E-state index contributed by atoms with van der Waals surface area (Å²) in [5.41, 5.74) is 0. The lowest BCUT2D eigenvalue weighted by atomic mass is 10.2. The molecule has 0 spiro atoms. The van der Waals surface area contributed by atoms with Crippen molar-refractivity contribution in [3.63, 3.8) is 0 Å². The van der Waals surface area contributed by atoms with E-state index in [1.54, 1.807) is 18.5 Å². The van der Waals surface area contributed by atoms with Gasteiger partial charge in [0, 0.05) is 44.1 Å². The molecule has 1 fully saturated rings. The second-order valence-electron chi connectivity index (χ2n) is 5.31. The quantitative estimate of drug-likeness (QED) is 0.842. The molecule has 2 aromatic rings. The van der Waals surface area contributed by atoms with Crippen LogP contribution in [0.3, 0.4) is 0 Å². The van der Waals surface area contributed by atoms with E-state index in [-0.39, 0.29) is 22.3 Å². The van der Waals surface area contributed by atoms with Crippen LogP contribution in [0.4, 0.5) is 0 Å². The molecule has 6 nitrogen and oxygen atoms in total. The zero-order valence-electron chi connectivity index (χ0n) is 12.8. The number of piperazine rings is 1. The molecule has 0 bridgehead atoms. The summed E-state index contributed by atoms with van der Waals surface area (Å²) in [6, 6.07) is 4.05. The smallest absolute Gasteiger partial charge is 0.245 e. The van der Waals surface area contributed by atoms with E-state index in [1.807, 2.05) is 11.6 Å². The number of hydrogen-bond acceptors (Lipinski definition) is 4. The molecule has 24 heavy (non-hydrogen) atoms. The van der Waals surface area contributed by atoms with E-state index in [2.05, 4.69) is 10.3 Å². The number of benzene rings is 1. The van der Waals surface area contributed by atoms with Gasteiger partial charge in [0.15, 0.2) is 0 Å². The van der Waals surface area contributed by atoms with Crippen molar-refractivity contribution in [3.8, 4) is 0 Å². The zero-order valence-corrected chi connectivity index (χ0v) is 16.0. The van der Waals surface area contributed by atoms with E-state index in [0.717, 1.165) is 0 Å². The number of nitrogens with zero attached hydrogens (tertiary/aromatic N) is 3. The van der Waals surface area contributed by atoms with Gasteiger partial charge >= 0.3 is 0 Å². The van der Waals surface area contributed by atoms with Gasteiger partial charge in [-0.15, -0.1) is 12.4 Å². The molecule has 132 valence electrons. The Balaban J connectivity index is 0.00000208. The highest BCUT2D eigenvalue weighted by Gasteiger charge is 2.37. The number of aryl methyl sites for hydroxylation is 1. The first-order chi connectivity index (χ1) is 10.9. The van der Waals surface area contributed by atoms with Crippen LogP contribution in [0.15, 0.2) is 35.5 Å². The summed E-state index contributed by atoms with van der Waals surface area (Å²) in [5, 5.41) is 3.70. The highest BCUT2D eigenvalue weighted by atomic mass is 35.5. The Morgan fingerprint density at radius 1 is 1.33 bits per heavy atom. The molecule has 1 atom stereocenters. The molecular formula is C14H17Cl3N4O2S. The van der Waals surface area contributed by atoms with Crippen molar-refractivity contribution in [2.24, 2.45) is 7.05 Å². The van der Waals surface area contributed by atoms with E-state index in [9.17, 15) is 8.42 Å². The van der Waals surface area contributed by atoms with Gasteiger partial charge in [-0.1, -0.05) is 23.2 Å². The van der Waals surface area contributed by atoms with Crippen LogP contribution in [0.2, 0.25) is 10.0 Å². The van der Waals surface area contributed by atoms with Crippen LogP contribution in [0.1, 0.15) is 11.9 Å². The molecule has 0 radical (unpaired) electrons. The molecule has 0 amide bonds. The Labute approximate surface area is 157 Å². The third-order valence-electron chi connectivity index (χ3n) is 3.83. The maximum absolute atomic E-state index is 13.1. The average molecular weight is 412 g/mol. The van der Waals surface area contributed by atoms with Crippen molar-refractivity contribution >= 4 is 45.6 Å². The predicted molar refractivity (Wildman–Crippen MR) is 96.4 cm³/mol. The second-order valence-corrected chi connectivity index (χ2v) is 8.01. The van der Waals surface area contributed by atoms with E-state index in [4.69, 9.17) is 23.2 Å². The van der Waals surface area contributed by atoms with Gasteiger partial charge in [0.05, 0.1) is 11.1 Å². The summed E-state index contributed by atoms with van der Waals surface area (Å²) < 4.78 is 29.4. The van der Waals surface area contributed by atoms with Crippen LogP contribution in [-0.2, 0) is 17.1 Å². The first-order valence-corrected chi connectivity index (χ1v) is 9.25. The maximum Gasteiger partial charge on any atom is 0.245 e. The fourth-order valence-corrected chi connectivity index (χ4v) is 5.02. The summed E-state index contributed by atoms with van der Waals surface area (Å²) in [6.45, 7) is 1.39. The molecular weight excluding hydrogens is 395 g/mol. The second kappa shape index (κ2) is 7.59. The molecule has 3 rings (SSSR count). The van der Waals surface area contributed by atoms with Crippen molar-refractivity contribution in [1.82, 2.24) is 19.2 Å². The third kappa shape index (κ3) is 3.56. The van der Waals surface area contributed by atoms with Gasteiger partial charge in [-0.3, -0.25) is 0 Å². The van der Waals surface area contributed by atoms with Gasteiger partial charge in [-0.25, -0.2) is 13.4 Å². The van der Waals surface area contributed by atoms with Crippen LogP contribution in [-0.4, -0.2) is 41.9 Å². The summed E-state index contributed by atoms with van der Waals surface area (Å²) >= 11 is 12.1. The molecule has 1 N–H and O–H groups in total. The predicted octanol–water partition coefficient (Wildman–Crippen LogP) is 2.48. The highest BCUT2D eigenvalue weighted by Crippen LogP contribution is 2.32. The summed E-state index contributed by atoms with van der Waals surface area (Å²) in [7, 11) is -1.94. The minimum absolute atomic E-state index is 0. The van der Waals surface area contributed by atoms with E-state index in [1.165, 1.54) is 16.4 Å². The van der Waals surface area contributed by atoms with Crippen LogP contribution in [0.25, 0.3) is 0 Å². The SMILES string of the molecule is Cl.Cn1ccnc1C1CNCCN1S(=O)(=O)c1cc(Cl)ccc1Cl. The first-order valence-electron chi connectivity index (χ1n) is 7.06. The van der Waals surface area contributed by atoms with Crippen LogP contribution >= 0.6 is 35.6 Å². The Morgan fingerprint density at radius 3 is 2.75 bits per heavy atom. The van der Waals surface area contributed by atoms with E-state index < -0.39 is 16.1 Å². The zero-order chi connectivity index (χ0) is 16.6. The normalized spacial score (nSPS) is 19.0. The van der Waals surface area contributed by atoms with E-state index in [0.29, 0.717) is 30.5 Å². The molecule has 1 unspecified atom stereocenters. The number of sulfonamides is 1. The van der Waals surface area contributed by atoms with Gasteiger partial charge in [0.2, 0.25) is 10.0 Å². The number of imidazole rings is 1. The first kappa shape index (κ1) is 19.5.